The highest BCUT2D eigenvalue weighted by atomic mass is 16.1. The van der Waals surface area contributed by atoms with Crippen LogP contribution in [0.2, 0.25) is 0 Å². The third-order valence-electron chi connectivity index (χ3n) is 2.45. The van der Waals surface area contributed by atoms with Crippen molar-refractivity contribution in [2.24, 2.45) is 13.0 Å². The number of carbonyl (C=O) groups excluding carboxylic acids is 1. The maximum absolute atomic E-state index is 11.0. The van der Waals surface area contributed by atoms with Crippen molar-refractivity contribution in [3.8, 4) is 11.3 Å². The molecule has 5 nitrogen and oxygen atoms in total. The van der Waals surface area contributed by atoms with Crippen molar-refractivity contribution < 1.29 is 4.79 Å². The third-order valence-corrected chi connectivity index (χ3v) is 2.45. The Morgan fingerprint density at radius 3 is 2.71 bits per heavy atom. The van der Waals surface area contributed by atoms with Crippen LogP contribution in [-0.2, 0) is 13.6 Å². The summed E-state index contributed by atoms with van der Waals surface area (Å²) in [6.07, 6.45) is 6.20. The van der Waals surface area contributed by atoms with E-state index in [0.717, 1.165) is 18.4 Å². The lowest BCUT2D eigenvalue weighted by molar-refractivity contribution is 0.112. The van der Waals surface area contributed by atoms with Gasteiger partial charge in [-0.1, -0.05) is 13.8 Å². The second-order valence-corrected chi connectivity index (χ2v) is 4.57. The van der Waals surface area contributed by atoms with Crippen molar-refractivity contribution >= 4 is 6.29 Å². The first-order valence-corrected chi connectivity index (χ1v) is 5.61. The Bertz CT molecular complexity index is 524. The molecule has 17 heavy (non-hydrogen) atoms. The third kappa shape index (κ3) is 2.43. The molecule has 2 heterocycles. The molecule has 0 aromatic carbocycles. The molecule has 0 saturated carbocycles. The van der Waals surface area contributed by atoms with E-state index in [-0.39, 0.29) is 0 Å². The largest absolute Gasteiger partial charge is 0.298 e. The highest BCUT2D eigenvalue weighted by Gasteiger charge is 2.12. The van der Waals surface area contributed by atoms with Crippen LogP contribution in [0.25, 0.3) is 11.3 Å². The Labute approximate surface area is 100 Å². The highest BCUT2D eigenvalue weighted by Crippen LogP contribution is 2.20. The molecule has 0 radical (unpaired) electrons. The molecule has 0 aliphatic rings. The first-order chi connectivity index (χ1) is 8.10. The molecule has 0 fully saturated rings. The molecular formula is C12H16N4O. The summed E-state index contributed by atoms with van der Waals surface area (Å²) in [6, 6.07) is 0. The molecule has 0 unspecified atom stereocenters. The molecule has 5 heteroatoms. The molecule has 0 amide bonds. The van der Waals surface area contributed by atoms with Gasteiger partial charge in [-0.25, -0.2) is 0 Å². The van der Waals surface area contributed by atoms with Crippen LogP contribution in [0.5, 0.6) is 0 Å². The van der Waals surface area contributed by atoms with Crippen molar-refractivity contribution in [2.75, 3.05) is 0 Å². The van der Waals surface area contributed by atoms with E-state index in [1.165, 1.54) is 0 Å². The van der Waals surface area contributed by atoms with Gasteiger partial charge in [0.05, 0.1) is 11.8 Å². The van der Waals surface area contributed by atoms with Gasteiger partial charge in [0.25, 0.3) is 0 Å². The zero-order valence-electron chi connectivity index (χ0n) is 10.3. The molecule has 0 spiro atoms. The number of hydrogen-bond acceptors (Lipinski definition) is 3. The second kappa shape index (κ2) is 4.53. The van der Waals surface area contributed by atoms with Crippen molar-refractivity contribution in [2.45, 2.75) is 20.4 Å². The van der Waals surface area contributed by atoms with Crippen LogP contribution in [0.3, 0.4) is 0 Å². The first-order valence-electron chi connectivity index (χ1n) is 5.61. The predicted octanol–water partition coefficient (Wildman–Crippen LogP) is 1.75. The van der Waals surface area contributed by atoms with Gasteiger partial charge in [-0.3, -0.25) is 14.2 Å². The highest BCUT2D eigenvalue weighted by molar-refractivity contribution is 5.85. The lowest BCUT2D eigenvalue weighted by Crippen LogP contribution is -2.04. The summed E-state index contributed by atoms with van der Waals surface area (Å²) in [7, 11) is 1.84. The quantitative estimate of drug-likeness (QED) is 0.755. The number of hydrogen-bond donors (Lipinski definition) is 0. The maximum atomic E-state index is 11.0. The zero-order valence-corrected chi connectivity index (χ0v) is 10.3. The number of aryl methyl sites for hydroxylation is 1. The lowest BCUT2D eigenvalue weighted by Gasteiger charge is -2.03. The van der Waals surface area contributed by atoms with Gasteiger partial charge < -0.3 is 0 Å². The van der Waals surface area contributed by atoms with Crippen LogP contribution in [0.15, 0.2) is 18.6 Å². The maximum Gasteiger partial charge on any atom is 0.153 e. The minimum atomic E-state index is 0.496. The average Bonchev–Trinajstić information content (AvgIpc) is 2.83. The van der Waals surface area contributed by atoms with Crippen LogP contribution < -0.4 is 0 Å². The van der Waals surface area contributed by atoms with E-state index in [1.807, 2.05) is 17.9 Å². The Morgan fingerprint density at radius 1 is 1.41 bits per heavy atom. The van der Waals surface area contributed by atoms with Crippen LogP contribution in [0.1, 0.15) is 24.2 Å². The van der Waals surface area contributed by atoms with Gasteiger partial charge in [-0.2, -0.15) is 10.2 Å². The van der Waals surface area contributed by atoms with Crippen molar-refractivity contribution in [1.29, 1.82) is 0 Å². The van der Waals surface area contributed by atoms with Crippen molar-refractivity contribution in [1.82, 2.24) is 19.6 Å². The average molecular weight is 232 g/mol. The summed E-state index contributed by atoms with van der Waals surface area (Å²) < 4.78 is 3.52. The summed E-state index contributed by atoms with van der Waals surface area (Å²) >= 11 is 0. The van der Waals surface area contributed by atoms with Gasteiger partial charge in [0, 0.05) is 31.5 Å². The Hall–Kier alpha value is -1.91. The van der Waals surface area contributed by atoms with Gasteiger partial charge >= 0.3 is 0 Å². The van der Waals surface area contributed by atoms with Crippen LogP contribution >= 0.6 is 0 Å². The van der Waals surface area contributed by atoms with Crippen molar-refractivity contribution in [3.05, 3.63) is 24.2 Å². The summed E-state index contributed by atoms with van der Waals surface area (Å²) in [5.74, 6) is 0.496. The van der Waals surface area contributed by atoms with E-state index in [0.29, 0.717) is 17.2 Å². The van der Waals surface area contributed by atoms with Gasteiger partial charge in [0.15, 0.2) is 6.29 Å². The van der Waals surface area contributed by atoms with Crippen LogP contribution in [-0.4, -0.2) is 25.8 Å². The van der Waals surface area contributed by atoms with Gasteiger partial charge in [-0.05, 0) is 5.92 Å². The molecular weight excluding hydrogens is 216 g/mol. The first kappa shape index (κ1) is 11.6. The fourth-order valence-corrected chi connectivity index (χ4v) is 1.76. The standard InChI is InChI=1S/C12H16N4O/c1-9(2)5-16-7-11(8-17)12(14-16)10-4-13-15(3)6-10/h4,6-9H,5H2,1-3H3. The van der Waals surface area contributed by atoms with E-state index < -0.39 is 0 Å². The summed E-state index contributed by atoms with van der Waals surface area (Å²) in [6.45, 7) is 5.04. The molecule has 0 aliphatic carbocycles. The van der Waals surface area contributed by atoms with E-state index in [4.69, 9.17) is 0 Å². The topological polar surface area (TPSA) is 52.7 Å². The molecule has 90 valence electrons. The molecule has 0 aliphatic heterocycles. The summed E-state index contributed by atoms with van der Waals surface area (Å²) in [5.41, 5.74) is 2.18. The Balaban J connectivity index is 2.39. The Morgan fingerprint density at radius 2 is 2.18 bits per heavy atom. The summed E-state index contributed by atoms with van der Waals surface area (Å²) in [4.78, 5) is 11.0. The lowest BCUT2D eigenvalue weighted by atomic mass is 10.2. The second-order valence-electron chi connectivity index (χ2n) is 4.57. The van der Waals surface area contributed by atoms with E-state index in [1.54, 1.807) is 17.1 Å². The number of rotatable bonds is 4. The van der Waals surface area contributed by atoms with E-state index in [9.17, 15) is 4.79 Å². The van der Waals surface area contributed by atoms with Crippen LogP contribution in [0, 0.1) is 5.92 Å². The number of aromatic nitrogens is 4. The monoisotopic (exact) mass is 232 g/mol. The molecule has 2 aromatic rings. The normalized spacial score (nSPS) is 11.1. The van der Waals surface area contributed by atoms with Gasteiger partial charge in [-0.15, -0.1) is 0 Å². The fourth-order valence-electron chi connectivity index (χ4n) is 1.76. The SMILES string of the molecule is CC(C)Cn1cc(C=O)c(-c2cnn(C)c2)n1. The number of nitrogens with zero attached hydrogens (tertiary/aromatic N) is 4. The Kier molecular flexibility index (Phi) is 3.08. The van der Waals surface area contributed by atoms with Crippen LogP contribution in [0.4, 0.5) is 0 Å². The zero-order chi connectivity index (χ0) is 12.4. The predicted molar refractivity (Wildman–Crippen MR) is 64.7 cm³/mol. The number of carbonyl (C=O) groups is 1. The number of aldehydes is 1. The van der Waals surface area contributed by atoms with E-state index in [2.05, 4.69) is 24.0 Å². The van der Waals surface area contributed by atoms with Gasteiger partial charge in [0.1, 0.15) is 5.69 Å². The molecule has 2 aromatic heterocycles. The molecule has 0 bridgehead atoms. The molecule has 0 N–H and O–H groups in total. The van der Waals surface area contributed by atoms with E-state index >= 15 is 0 Å². The van der Waals surface area contributed by atoms with Gasteiger partial charge in [0.2, 0.25) is 0 Å². The smallest absolute Gasteiger partial charge is 0.153 e. The molecule has 2 rings (SSSR count). The molecule has 0 saturated heterocycles. The van der Waals surface area contributed by atoms with Crippen molar-refractivity contribution in [3.63, 3.8) is 0 Å². The minimum Gasteiger partial charge on any atom is -0.298 e. The summed E-state index contributed by atoms with van der Waals surface area (Å²) in [5, 5.41) is 8.53. The minimum absolute atomic E-state index is 0.496. The fraction of sp³-hybridized carbons (Fsp3) is 0.417. The molecule has 0 atom stereocenters.